The number of aryl methyl sites for hydroxylation is 1. The maximum Gasteiger partial charge on any atom is 0.220 e. The highest BCUT2D eigenvalue weighted by atomic mass is 15.0. The molecule has 3 atom stereocenters. The summed E-state index contributed by atoms with van der Waals surface area (Å²) in [6, 6.07) is 0. The molecule has 1 aromatic heterocycles. The Morgan fingerprint density at radius 1 is 1.33 bits per heavy atom. The van der Waals surface area contributed by atoms with Gasteiger partial charge in [-0.2, -0.15) is 0 Å². The Hall–Kier alpha value is -1.12. The van der Waals surface area contributed by atoms with E-state index in [-0.39, 0.29) is 0 Å². The number of rotatable bonds is 3. The van der Waals surface area contributed by atoms with E-state index in [4.69, 9.17) is 5.73 Å². The van der Waals surface area contributed by atoms with Crippen LogP contribution in [-0.2, 0) is 6.42 Å². The molecule has 1 unspecified atom stereocenters. The first kappa shape index (κ1) is 11.9. The first-order chi connectivity index (χ1) is 8.70. The Kier molecular flexibility index (Phi) is 3.00. The van der Waals surface area contributed by atoms with E-state index in [2.05, 4.69) is 23.8 Å². The van der Waals surface area contributed by atoms with E-state index >= 15 is 0 Å². The number of unbranched alkanes of at least 4 members (excludes halogenated alkanes) is 1. The second-order valence-electron chi connectivity index (χ2n) is 6.02. The van der Waals surface area contributed by atoms with Gasteiger partial charge in [-0.1, -0.05) is 26.7 Å². The summed E-state index contributed by atoms with van der Waals surface area (Å²) in [5.74, 6) is 2.55. The number of hydrogen-bond donors (Lipinski definition) is 1. The molecule has 0 fully saturated rings. The summed E-state index contributed by atoms with van der Waals surface area (Å²) in [6.45, 7) is 4.65. The van der Waals surface area contributed by atoms with Gasteiger partial charge in [-0.25, -0.2) is 9.97 Å². The molecule has 2 aliphatic carbocycles. The standard InChI is InChI=1S/C15H23N3/c1-3-4-5-11-9(2)8-10-6-7-12-13(10)14(11)18-15(16)17-12/h9-11H,3-8H2,1-2H3,(H2,16,17,18)/t9?,10-,11-/m0/s1. The minimum Gasteiger partial charge on any atom is -0.368 e. The smallest absolute Gasteiger partial charge is 0.220 e. The van der Waals surface area contributed by atoms with Crippen LogP contribution in [0.1, 0.15) is 74.7 Å². The zero-order valence-electron chi connectivity index (χ0n) is 11.4. The summed E-state index contributed by atoms with van der Waals surface area (Å²) >= 11 is 0. The number of anilines is 1. The zero-order chi connectivity index (χ0) is 12.7. The van der Waals surface area contributed by atoms with Crippen LogP contribution < -0.4 is 5.73 Å². The second-order valence-corrected chi connectivity index (χ2v) is 6.02. The van der Waals surface area contributed by atoms with Crippen molar-refractivity contribution in [3.63, 3.8) is 0 Å². The van der Waals surface area contributed by atoms with E-state index in [0.717, 1.165) is 12.3 Å². The lowest BCUT2D eigenvalue weighted by atomic mass is 9.72. The van der Waals surface area contributed by atoms with Gasteiger partial charge in [0.25, 0.3) is 0 Å². The average molecular weight is 245 g/mol. The molecule has 1 aromatic rings. The number of nitrogens with zero attached hydrogens (tertiary/aromatic N) is 2. The Balaban J connectivity index is 2.02. The third-order valence-electron chi connectivity index (χ3n) is 4.77. The molecular weight excluding hydrogens is 222 g/mol. The molecule has 0 aromatic carbocycles. The minimum atomic E-state index is 0.486. The van der Waals surface area contributed by atoms with Crippen LogP contribution in [-0.4, -0.2) is 9.97 Å². The van der Waals surface area contributed by atoms with Gasteiger partial charge in [0.15, 0.2) is 0 Å². The number of nitrogen functional groups attached to an aromatic ring is 1. The molecule has 2 aliphatic rings. The van der Waals surface area contributed by atoms with E-state index in [0.29, 0.717) is 17.8 Å². The molecule has 0 amide bonds. The molecule has 18 heavy (non-hydrogen) atoms. The van der Waals surface area contributed by atoms with Crippen LogP contribution in [0.25, 0.3) is 0 Å². The summed E-state index contributed by atoms with van der Waals surface area (Å²) < 4.78 is 0. The molecule has 2 N–H and O–H groups in total. The van der Waals surface area contributed by atoms with Gasteiger partial charge in [0, 0.05) is 11.6 Å². The van der Waals surface area contributed by atoms with Crippen LogP contribution in [0.15, 0.2) is 0 Å². The van der Waals surface area contributed by atoms with Crippen molar-refractivity contribution in [3.8, 4) is 0 Å². The lowest BCUT2D eigenvalue weighted by Crippen LogP contribution is -2.23. The van der Waals surface area contributed by atoms with Crippen LogP contribution in [0.2, 0.25) is 0 Å². The second kappa shape index (κ2) is 4.52. The molecule has 3 nitrogen and oxygen atoms in total. The number of hydrogen-bond acceptors (Lipinski definition) is 3. The van der Waals surface area contributed by atoms with Gasteiger partial charge in [-0.05, 0) is 43.1 Å². The Morgan fingerprint density at radius 3 is 2.94 bits per heavy atom. The highest BCUT2D eigenvalue weighted by Crippen LogP contribution is 2.49. The molecule has 0 spiro atoms. The van der Waals surface area contributed by atoms with Crippen molar-refractivity contribution in [1.82, 2.24) is 9.97 Å². The fourth-order valence-corrected chi connectivity index (χ4v) is 3.89. The van der Waals surface area contributed by atoms with E-state index in [9.17, 15) is 0 Å². The summed E-state index contributed by atoms with van der Waals surface area (Å²) in [6.07, 6.45) is 7.49. The van der Waals surface area contributed by atoms with Gasteiger partial charge in [-0.3, -0.25) is 0 Å². The zero-order valence-corrected chi connectivity index (χ0v) is 11.4. The molecule has 98 valence electrons. The van der Waals surface area contributed by atoms with Gasteiger partial charge in [-0.15, -0.1) is 0 Å². The van der Waals surface area contributed by atoms with Gasteiger partial charge < -0.3 is 5.73 Å². The molecule has 3 rings (SSSR count). The molecule has 0 aliphatic heterocycles. The monoisotopic (exact) mass is 245 g/mol. The molecule has 0 saturated heterocycles. The summed E-state index contributed by atoms with van der Waals surface area (Å²) in [5.41, 5.74) is 9.91. The van der Waals surface area contributed by atoms with E-state index < -0.39 is 0 Å². The predicted octanol–water partition coefficient (Wildman–Crippen LogP) is 3.40. The van der Waals surface area contributed by atoms with Crippen LogP contribution in [0, 0.1) is 5.92 Å². The van der Waals surface area contributed by atoms with Gasteiger partial charge in [0.2, 0.25) is 5.95 Å². The van der Waals surface area contributed by atoms with Crippen molar-refractivity contribution in [1.29, 1.82) is 0 Å². The normalized spacial score (nSPS) is 29.3. The largest absolute Gasteiger partial charge is 0.368 e. The van der Waals surface area contributed by atoms with E-state index in [1.165, 1.54) is 49.1 Å². The van der Waals surface area contributed by atoms with Crippen molar-refractivity contribution in [2.75, 3.05) is 5.73 Å². The van der Waals surface area contributed by atoms with Crippen molar-refractivity contribution >= 4 is 5.95 Å². The number of aromatic nitrogens is 2. The summed E-state index contributed by atoms with van der Waals surface area (Å²) in [7, 11) is 0. The van der Waals surface area contributed by atoms with Gasteiger partial charge in [0.05, 0.1) is 5.69 Å². The fourth-order valence-electron chi connectivity index (χ4n) is 3.89. The molecule has 0 bridgehead atoms. The Bertz CT molecular complexity index is 455. The van der Waals surface area contributed by atoms with Crippen molar-refractivity contribution in [3.05, 3.63) is 17.0 Å². The molecular formula is C15H23N3. The van der Waals surface area contributed by atoms with Crippen molar-refractivity contribution in [2.45, 2.75) is 64.2 Å². The SMILES string of the molecule is CCCC[C@@H]1c2nc(N)nc3c2[C@@H](CC3)CC1C. The predicted molar refractivity (Wildman–Crippen MR) is 73.6 cm³/mol. The molecule has 3 heteroatoms. The summed E-state index contributed by atoms with van der Waals surface area (Å²) in [4.78, 5) is 9.07. The quantitative estimate of drug-likeness (QED) is 0.888. The van der Waals surface area contributed by atoms with Crippen molar-refractivity contribution < 1.29 is 0 Å². The molecule has 0 saturated carbocycles. The maximum absolute atomic E-state index is 5.89. The third-order valence-corrected chi connectivity index (χ3v) is 4.77. The minimum absolute atomic E-state index is 0.486. The first-order valence-electron chi connectivity index (χ1n) is 7.36. The van der Waals surface area contributed by atoms with Crippen molar-refractivity contribution in [2.24, 2.45) is 5.92 Å². The topological polar surface area (TPSA) is 51.8 Å². The highest BCUT2D eigenvalue weighted by Gasteiger charge is 2.38. The van der Waals surface area contributed by atoms with Crippen LogP contribution in [0.4, 0.5) is 5.95 Å². The van der Waals surface area contributed by atoms with E-state index in [1.54, 1.807) is 0 Å². The van der Waals surface area contributed by atoms with E-state index in [1.807, 2.05) is 0 Å². The average Bonchev–Trinajstić information content (AvgIpc) is 2.72. The Labute approximate surface area is 109 Å². The van der Waals surface area contributed by atoms with Crippen LogP contribution in [0.3, 0.4) is 0 Å². The lowest BCUT2D eigenvalue weighted by Gasteiger charge is -2.33. The van der Waals surface area contributed by atoms with Crippen LogP contribution >= 0.6 is 0 Å². The molecule has 0 radical (unpaired) electrons. The van der Waals surface area contributed by atoms with Gasteiger partial charge in [0.1, 0.15) is 0 Å². The third kappa shape index (κ3) is 1.80. The van der Waals surface area contributed by atoms with Crippen LogP contribution in [0.5, 0.6) is 0 Å². The van der Waals surface area contributed by atoms with Gasteiger partial charge >= 0.3 is 0 Å². The first-order valence-corrected chi connectivity index (χ1v) is 7.36. The summed E-state index contributed by atoms with van der Waals surface area (Å²) in [5, 5.41) is 0. The Morgan fingerprint density at radius 2 is 2.17 bits per heavy atom. The highest BCUT2D eigenvalue weighted by molar-refractivity contribution is 5.42. The lowest BCUT2D eigenvalue weighted by molar-refractivity contribution is 0.334. The maximum atomic E-state index is 5.89. The fraction of sp³-hybridized carbons (Fsp3) is 0.733. The molecule has 1 heterocycles. The number of nitrogens with two attached hydrogens (primary N) is 1.